The molecule has 0 aliphatic rings. The summed E-state index contributed by atoms with van der Waals surface area (Å²) < 4.78 is 14.9. The van der Waals surface area contributed by atoms with E-state index in [1.54, 1.807) is 6.07 Å². The minimum absolute atomic E-state index is 0.322. The van der Waals surface area contributed by atoms with Crippen molar-refractivity contribution in [3.63, 3.8) is 0 Å². The summed E-state index contributed by atoms with van der Waals surface area (Å²) in [7, 11) is 0. The molecule has 0 amide bonds. The first-order chi connectivity index (χ1) is 9.56. The summed E-state index contributed by atoms with van der Waals surface area (Å²) in [4.78, 5) is 0.851. The summed E-state index contributed by atoms with van der Waals surface area (Å²) in [6.45, 7) is 4.83. The van der Waals surface area contributed by atoms with E-state index in [0.717, 1.165) is 34.3 Å². The van der Waals surface area contributed by atoms with Gasteiger partial charge in [-0.1, -0.05) is 18.5 Å². The first-order valence-corrected chi connectivity index (χ1v) is 7.85. The van der Waals surface area contributed by atoms with Crippen LogP contribution in [0.1, 0.15) is 25.2 Å². The molecule has 0 fully saturated rings. The molecular weight excluding hydrogens is 297 g/mol. The van der Waals surface area contributed by atoms with Crippen molar-refractivity contribution >= 4 is 29.1 Å². The van der Waals surface area contributed by atoms with Gasteiger partial charge in [-0.15, -0.1) is 11.8 Å². The highest BCUT2D eigenvalue weighted by Crippen LogP contribution is 2.32. The topological polar surface area (TPSA) is 43.8 Å². The van der Waals surface area contributed by atoms with Gasteiger partial charge in [-0.3, -0.25) is 4.68 Å². The number of thioether (sulfide) groups is 1. The minimum atomic E-state index is -0.322. The van der Waals surface area contributed by atoms with Gasteiger partial charge in [0.15, 0.2) is 0 Å². The molecule has 0 radical (unpaired) electrons. The fourth-order valence-corrected chi connectivity index (χ4v) is 3.34. The molecule has 6 heteroatoms. The zero-order valence-corrected chi connectivity index (χ0v) is 13.1. The molecule has 3 nitrogen and oxygen atoms in total. The van der Waals surface area contributed by atoms with Gasteiger partial charge >= 0.3 is 0 Å². The Morgan fingerprint density at radius 3 is 2.75 bits per heavy atom. The zero-order valence-electron chi connectivity index (χ0n) is 11.5. The SMILES string of the molecule is CCc1nn(CC)c(CSc2ccc(F)cc2N)c1Cl. The molecule has 1 heterocycles. The Kier molecular flexibility index (Phi) is 4.94. The number of halogens is 2. The van der Waals surface area contributed by atoms with Crippen LogP contribution in [0.15, 0.2) is 23.1 Å². The smallest absolute Gasteiger partial charge is 0.125 e. The van der Waals surface area contributed by atoms with E-state index in [1.165, 1.54) is 23.9 Å². The Hall–Kier alpha value is -1.20. The lowest BCUT2D eigenvalue weighted by Gasteiger charge is -2.07. The molecule has 20 heavy (non-hydrogen) atoms. The van der Waals surface area contributed by atoms with Crippen molar-refractivity contribution in [2.75, 3.05) is 5.73 Å². The van der Waals surface area contributed by atoms with Crippen molar-refractivity contribution in [2.24, 2.45) is 0 Å². The third-order valence-corrected chi connectivity index (χ3v) is 4.57. The van der Waals surface area contributed by atoms with Crippen molar-refractivity contribution < 1.29 is 4.39 Å². The molecule has 2 aromatic rings. The van der Waals surface area contributed by atoms with Crippen LogP contribution in [-0.4, -0.2) is 9.78 Å². The molecule has 0 aliphatic carbocycles. The van der Waals surface area contributed by atoms with Gasteiger partial charge in [0.1, 0.15) is 5.82 Å². The van der Waals surface area contributed by atoms with Gasteiger partial charge in [-0.2, -0.15) is 5.10 Å². The van der Waals surface area contributed by atoms with Crippen molar-refractivity contribution in [3.8, 4) is 0 Å². The highest BCUT2D eigenvalue weighted by Gasteiger charge is 2.15. The van der Waals surface area contributed by atoms with E-state index in [1.807, 2.05) is 18.5 Å². The number of anilines is 1. The maximum atomic E-state index is 13.0. The number of benzene rings is 1. The number of hydrogen-bond donors (Lipinski definition) is 1. The van der Waals surface area contributed by atoms with Crippen LogP contribution in [0.2, 0.25) is 5.02 Å². The van der Waals surface area contributed by atoms with Crippen LogP contribution in [0.4, 0.5) is 10.1 Å². The second-order valence-corrected chi connectivity index (χ2v) is 5.74. The quantitative estimate of drug-likeness (QED) is 0.666. The highest BCUT2D eigenvalue weighted by atomic mass is 35.5. The second kappa shape index (κ2) is 6.50. The molecule has 0 aliphatic heterocycles. The largest absolute Gasteiger partial charge is 0.398 e. The monoisotopic (exact) mass is 313 g/mol. The molecule has 0 saturated heterocycles. The minimum Gasteiger partial charge on any atom is -0.398 e. The summed E-state index contributed by atoms with van der Waals surface area (Å²) in [6, 6.07) is 4.43. The number of aromatic nitrogens is 2. The van der Waals surface area contributed by atoms with Crippen LogP contribution >= 0.6 is 23.4 Å². The van der Waals surface area contributed by atoms with Crippen molar-refractivity contribution in [3.05, 3.63) is 40.4 Å². The third-order valence-electron chi connectivity index (χ3n) is 3.03. The highest BCUT2D eigenvalue weighted by molar-refractivity contribution is 7.98. The Bertz CT molecular complexity index is 613. The normalized spacial score (nSPS) is 11.0. The van der Waals surface area contributed by atoms with Crippen LogP contribution in [0, 0.1) is 5.82 Å². The molecule has 1 aromatic carbocycles. The first-order valence-electron chi connectivity index (χ1n) is 6.48. The van der Waals surface area contributed by atoms with Gasteiger partial charge in [0, 0.05) is 22.9 Å². The molecule has 0 atom stereocenters. The van der Waals surface area contributed by atoms with E-state index < -0.39 is 0 Å². The Morgan fingerprint density at radius 1 is 1.40 bits per heavy atom. The molecule has 2 N–H and O–H groups in total. The van der Waals surface area contributed by atoms with Crippen LogP contribution in [0.5, 0.6) is 0 Å². The maximum Gasteiger partial charge on any atom is 0.125 e. The van der Waals surface area contributed by atoms with Gasteiger partial charge in [0.05, 0.1) is 16.4 Å². The van der Waals surface area contributed by atoms with Gasteiger partial charge in [0.25, 0.3) is 0 Å². The average Bonchev–Trinajstić information content (AvgIpc) is 2.74. The lowest BCUT2D eigenvalue weighted by atomic mass is 10.3. The lowest BCUT2D eigenvalue weighted by Crippen LogP contribution is -2.02. The second-order valence-electron chi connectivity index (χ2n) is 4.35. The first kappa shape index (κ1) is 15.2. The number of rotatable bonds is 5. The van der Waals surface area contributed by atoms with E-state index in [4.69, 9.17) is 17.3 Å². The van der Waals surface area contributed by atoms with Crippen molar-refractivity contribution in [1.29, 1.82) is 0 Å². The molecule has 0 unspecified atom stereocenters. The van der Waals surface area contributed by atoms with E-state index in [9.17, 15) is 4.39 Å². The molecule has 0 spiro atoms. The summed E-state index contributed by atoms with van der Waals surface area (Å²) in [5.41, 5.74) is 8.16. The van der Waals surface area contributed by atoms with Crippen LogP contribution in [0.3, 0.4) is 0 Å². The molecule has 0 bridgehead atoms. The van der Waals surface area contributed by atoms with Crippen molar-refractivity contribution in [1.82, 2.24) is 9.78 Å². The lowest BCUT2D eigenvalue weighted by molar-refractivity contribution is 0.626. The summed E-state index contributed by atoms with van der Waals surface area (Å²) in [6.07, 6.45) is 0.808. The number of hydrogen-bond acceptors (Lipinski definition) is 3. The van der Waals surface area contributed by atoms with Gasteiger partial charge in [-0.25, -0.2) is 4.39 Å². The fourth-order valence-electron chi connectivity index (χ4n) is 1.95. The molecule has 2 rings (SSSR count). The molecular formula is C14H17ClFN3S. The molecule has 108 valence electrons. The van der Waals surface area contributed by atoms with E-state index in [0.29, 0.717) is 11.4 Å². The van der Waals surface area contributed by atoms with Crippen molar-refractivity contribution in [2.45, 2.75) is 37.5 Å². The Morgan fingerprint density at radius 2 is 2.15 bits per heavy atom. The Labute approximate surface area is 127 Å². The maximum absolute atomic E-state index is 13.0. The van der Waals surface area contributed by atoms with Crippen LogP contribution < -0.4 is 5.73 Å². The van der Waals surface area contributed by atoms with Gasteiger partial charge in [0.2, 0.25) is 0 Å². The fraction of sp³-hybridized carbons (Fsp3) is 0.357. The number of nitrogens with zero attached hydrogens (tertiary/aromatic N) is 2. The van der Waals surface area contributed by atoms with E-state index in [-0.39, 0.29) is 5.82 Å². The van der Waals surface area contributed by atoms with Crippen LogP contribution in [-0.2, 0) is 18.7 Å². The predicted molar refractivity (Wildman–Crippen MR) is 82.7 cm³/mol. The van der Waals surface area contributed by atoms with E-state index in [2.05, 4.69) is 5.10 Å². The van der Waals surface area contributed by atoms with Gasteiger partial charge in [-0.05, 0) is 31.5 Å². The summed E-state index contributed by atoms with van der Waals surface area (Å²) in [5.74, 6) is 0.340. The third kappa shape index (κ3) is 3.10. The molecule has 1 aromatic heterocycles. The van der Waals surface area contributed by atoms with Gasteiger partial charge < -0.3 is 5.73 Å². The summed E-state index contributed by atoms with van der Waals surface area (Å²) in [5, 5.41) is 5.20. The van der Waals surface area contributed by atoms with E-state index >= 15 is 0 Å². The molecule has 0 saturated carbocycles. The number of nitrogen functional groups attached to an aromatic ring is 1. The average molecular weight is 314 g/mol. The number of nitrogens with two attached hydrogens (primary N) is 1. The summed E-state index contributed by atoms with van der Waals surface area (Å²) >= 11 is 7.89. The standard InChI is InChI=1S/C14H17ClFN3S/c1-3-11-14(15)12(19(4-2)18-11)8-20-13-6-5-9(16)7-10(13)17/h5-7H,3-4,8,17H2,1-2H3. The predicted octanol–water partition coefficient (Wildman–Crippen LogP) is 4.13. The number of aryl methyl sites for hydroxylation is 2. The zero-order chi connectivity index (χ0) is 14.7. The Balaban J connectivity index is 2.20. The van der Waals surface area contributed by atoms with Crippen LogP contribution in [0.25, 0.3) is 0 Å².